The molecule has 7 heavy (non-hydrogen) atoms. The van der Waals surface area contributed by atoms with E-state index in [0.29, 0.717) is 0 Å². The molecule has 0 aliphatic heterocycles. The molecule has 0 unspecified atom stereocenters. The van der Waals surface area contributed by atoms with Crippen LogP contribution in [0.4, 0.5) is 0 Å². The summed E-state index contributed by atoms with van der Waals surface area (Å²) in [5.41, 5.74) is 4.84. The smallest absolute Gasteiger partial charge is 0.000196 e. The molecule has 0 saturated heterocycles. The van der Waals surface area contributed by atoms with Crippen LogP contribution in [-0.4, -0.2) is 0 Å². The highest BCUT2D eigenvalue weighted by Crippen LogP contribution is 2.75. The van der Waals surface area contributed by atoms with Gasteiger partial charge in [-0.15, -0.1) is 0 Å². The van der Waals surface area contributed by atoms with Crippen LogP contribution in [-0.2, 0) is 0 Å². The average molecular weight is 179 g/mol. The Balaban J connectivity index is 3.80. The van der Waals surface area contributed by atoms with Gasteiger partial charge in [-0.1, -0.05) is 0 Å². The Morgan fingerprint density at radius 2 is 1.86 bits per heavy atom. The quantitative estimate of drug-likeness (QED) is 0.255. The molecular formula is Cl3N3P+. The molecule has 7 heteroatoms. The molecule has 0 rings (SSSR count). The summed E-state index contributed by atoms with van der Waals surface area (Å²) in [6, 6.07) is 0. The fourth-order valence-corrected chi connectivity index (χ4v) is 0.408. The van der Waals surface area contributed by atoms with Crippen molar-refractivity contribution in [3.8, 4) is 0 Å². The molecule has 0 aliphatic carbocycles. The van der Waals surface area contributed by atoms with E-state index in [1.54, 1.807) is 0 Å². The lowest BCUT2D eigenvalue weighted by Gasteiger charge is -1.78. The van der Waals surface area contributed by atoms with Gasteiger partial charge in [-0.3, -0.25) is 0 Å². The zero-order valence-corrected chi connectivity index (χ0v) is 6.08. The first-order chi connectivity index (χ1) is 3.06. The fourth-order valence-electron chi connectivity index (χ4n) is 0.0454. The number of hydrogen-bond acceptors (Lipinski definition) is 1. The normalized spacial score (nSPS) is 10.1. The highest BCUT2D eigenvalue weighted by Gasteiger charge is 2.31. The van der Waals surface area contributed by atoms with Crippen molar-refractivity contribution in [2.45, 2.75) is 0 Å². The minimum atomic E-state index is -2.79. The van der Waals surface area contributed by atoms with Gasteiger partial charge in [-0.25, -0.2) is 0 Å². The maximum atomic E-state index is 7.63. The van der Waals surface area contributed by atoms with Crippen molar-refractivity contribution in [1.82, 2.24) is 0 Å². The van der Waals surface area contributed by atoms with Gasteiger partial charge in [0.15, 0.2) is 0 Å². The predicted octanol–water partition coefficient (Wildman–Crippen LogP) is 3.69. The molecule has 0 spiro atoms. The lowest BCUT2D eigenvalue weighted by molar-refractivity contribution is 1.80. The van der Waals surface area contributed by atoms with Gasteiger partial charge in [0.2, 0.25) is 0 Å². The van der Waals surface area contributed by atoms with Crippen LogP contribution in [0.5, 0.6) is 0 Å². The van der Waals surface area contributed by atoms with Crippen molar-refractivity contribution in [3.05, 3.63) is 10.4 Å². The van der Waals surface area contributed by atoms with Crippen LogP contribution in [0.2, 0.25) is 0 Å². The SMILES string of the molecule is [N-]=[N+]=N[P+](Cl)(Cl)Cl. The molecule has 3 nitrogen and oxygen atoms in total. The zero-order chi connectivity index (χ0) is 5.91. The van der Waals surface area contributed by atoms with Crippen LogP contribution in [0.3, 0.4) is 0 Å². The molecule has 0 aromatic heterocycles. The Morgan fingerprint density at radius 3 is 1.86 bits per heavy atom. The Labute approximate surface area is 54.9 Å². The average Bonchev–Trinajstić information content (AvgIpc) is 1.30. The van der Waals surface area contributed by atoms with Crippen LogP contribution >= 0.6 is 39.2 Å². The maximum absolute atomic E-state index is 7.63. The molecule has 40 valence electrons. The van der Waals surface area contributed by atoms with Crippen LogP contribution in [0.1, 0.15) is 0 Å². The van der Waals surface area contributed by atoms with Gasteiger partial charge in [-0.2, -0.15) is 0 Å². The molecule has 0 aliphatic rings. The van der Waals surface area contributed by atoms with Crippen molar-refractivity contribution in [2.75, 3.05) is 0 Å². The summed E-state index contributed by atoms with van der Waals surface area (Å²) < 4.78 is 0. The fraction of sp³-hybridized carbons (Fsp3) is 0. The highest BCUT2D eigenvalue weighted by atomic mass is 36.1. The number of hydrogen-bond donors (Lipinski definition) is 0. The molecular weight excluding hydrogens is 179 g/mol. The second-order valence-corrected chi connectivity index (χ2v) is 7.57. The summed E-state index contributed by atoms with van der Waals surface area (Å²) in [5, 5.41) is 0. The minimum absolute atomic E-state index is 2.29. The molecule has 0 heterocycles. The van der Waals surface area contributed by atoms with E-state index in [2.05, 4.69) is 9.80 Å². The third-order valence-corrected chi connectivity index (χ3v) is 1.03. The first-order valence-corrected chi connectivity index (χ1v) is 5.56. The Kier molecular flexibility index (Phi) is 3.05. The Morgan fingerprint density at radius 1 is 1.43 bits per heavy atom. The molecule has 0 radical (unpaired) electrons. The predicted molar refractivity (Wildman–Crippen MR) is 33.6 cm³/mol. The summed E-state index contributed by atoms with van der Waals surface area (Å²) in [6.45, 7) is 0. The van der Waals surface area contributed by atoms with Crippen LogP contribution in [0.15, 0.2) is 4.88 Å². The topological polar surface area (TPSA) is 48.8 Å². The summed E-state index contributed by atoms with van der Waals surface area (Å²) in [4.78, 5) is 5.13. The molecule has 0 aromatic rings. The molecule has 0 bridgehead atoms. The van der Waals surface area contributed by atoms with E-state index < -0.39 is 5.47 Å². The van der Waals surface area contributed by atoms with Gasteiger partial charge in [0.25, 0.3) is 0 Å². The summed E-state index contributed by atoms with van der Waals surface area (Å²) >= 11 is 15.2. The van der Waals surface area contributed by atoms with E-state index in [-0.39, 0.29) is 0 Å². The van der Waals surface area contributed by atoms with E-state index >= 15 is 0 Å². The van der Waals surface area contributed by atoms with Crippen molar-refractivity contribution in [2.24, 2.45) is 4.88 Å². The number of nitrogens with zero attached hydrogens (tertiary/aromatic N) is 3. The van der Waals surface area contributed by atoms with Crippen molar-refractivity contribution in [3.63, 3.8) is 0 Å². The molecule has 0 N–H and O–H groups in total. The molecule has 0 aromatic carbocycles. The number of azide groups is 1. The second kappa shape index (κ2) is 2.81. The van der Waals surface area contributed by atoms with Gasteiger partial charge in [0.1, 0.15) is 38.6 Å². The Hall–Kier alpha value is 0.610. The Bertz CT molecular complexity index is 97.2. The van der Waals surface area contributed by atoms with Crippen LogP contribution < -0.4 is 0 Å². The molecule has 0 amide bonds. The third-order valence-electron chi connectivity index (χ3n) is 0.141. The lowest BCUT2D eigenvalue weighted by atomic mass is 13.0. The standard InChI is InChI=1S/Cl3N3P/c1-7(2,3)6-5-4/q+1. The lowest BCUT2D eigenvalue weighted by Crippen LogP contribution is -1.40. The van der Waals surface area contributed by atoms with Gasteiger partial charge in [0.05, 0.1) is 0 Å². The molecule has 0 fully saturated rings. The van der Waals surface area contributed by atoms with Gasteiger partial charge >= 0.3 is 5.47 Å². The van der Waals surface area contributed by atoms with E-state index in [1.807, 2.05) is 0 Å². The monoisotopic (exact) mass is 178 g/mol. The highest BCUT2D eigenvalue weighted by molar-refractivity contribution is 8.31. The number of rotatable bonds is 1. The van der Waals surface area contributed by atoms with Gasteiger partial charge in [0, 0.05) is 4.91 Å². The summed E-state index contributed by atoms with van der Waals surface area (Å²) in [7, 11) is 0. The maximum Gasteiger partial charge on any atom is 0.415 e. The third kappa shape index (κ3) is 6.61. The van der Waals surface area contributed by atoms with Crippen molar-refractivity contribution in [1.29, 1.82) is 0 Å². The van der Waals surface area contributed by atoms with Gasteiger partial charge < -0.3 is 0 Å². The number of halogens is 3. The summed E-state index contributed by atoms with van der Waals surface area (Å²) in [6.07, 6.45) is 0. The van der Waals surface area contributed by atoms with E-state index in [9.17, 15) is 0 Å². The van der Waals surface area contributed by atoms with E-state index in [0.717, 1.165) is 0 Å². The minimum Gasteiger partial charge on any atom is -0.000196 e. The van der Waals surface area contributed by atoms with Gasteiger partial charge in [-0.05, 0) is 5.53 Å². The van der Waals surface area contributed by atoms with Crippen molar-refractivity contribution < 1.29 is 0 Å². The zero-order valence-electron chi connectivity index (χ0n) is 2.92. The molecule has 0 saturated carbocycles. The van der Waals surface area contributed by atoms with Crippen LogP contribution in [0, 0.1) is 0 Å². The van der Waals surface area contributed by atoms with E-state index in [4.69, 9.17) is 39.3 Å². The first kappa shape index (κ1) is 7.61. The molecule has 0 atom stereocenters. The van der Waals surface area contributed by atoms with E-state index in [1.165, 1.54) is 0 Å². The summed E-state index contributed by atoms with van der Waals surface area (Å²) in [5.74, 6) is 0. The van der Waals surface area contributed by atoms with Crippen LogP contribution in [0.25, 0.3) is 10.4 Å². The first-order valence-electron chi connectivity index (χ1n) is 1.11. The largest absolute Gasteiger partial charge is 0.415 e. The second-order valence-electron chi connectivity index (χ2n) is 0.597. The van der Waals surface area contributed by atoms with Crippen molar-refractivity contribution >= 4 is 39.2 Å².